The molecular formula is C17H25ClN4O2. The average Bonchev–Trinajstić information content (AvgIpc) is 2.57. The molecule has 1 aliphatic heterocycles. The maximum Gasteiger partial charge on any atom is 0.341 e. The lowest BCUT2D eigenvalue weighted by Gasteiger charge is -2.33. The van der Waals surface area contributed by atoms with Crippen molar-refractivity contribution in [2.24, 2.45) is 11.7 Å². The fourth-order valence-corrected chi connectivity index (χ4v) is 2.88. The number of nitrogens with zero attached hydrogens (tertiary/aromatic N) is 2. The van der Waals surface area contributed by atoms with Crippen molar-refractivity contribution in [3.05, 3.63) is 35.1 Å². The van der Waals surface area contributed by atoms with Crippen LogP contribution in [0.1, 0.15) is 36.5 Å². The molecule has 1 aromatic rings. The fourth-order valence-electron chi connectivity index (χ4n) is 2.65. The minimum Gasteiger partial charge on any atom is -0.446 e. The molecule has 0 bridgehead atoms. The highest BCUT2D eigenvalue weighted by Gasteiger charge is 2.16. The topological polar surface area (TPSA) is 80.5 Å². The largest absolute Gasteiger partial charge is 0.446 e. The first-order valence-corrected chi connectivity index (χ1v) is 8.58. The van der Waals surface area contributed by atoms with Gasteiger partial charge in [-0.15, -0.1) is 0 Å². The summed E-state index contributed by atoms with van der Waals surface area (Å²) in [6, 6.07) is 1.52. The number of hydrogen-bond donors (Lipinski definition) is 2. The molecule has 2 rings (SSSR count). The van der Waals surface area contributed by atoms with E-state index in [0.29, 0.717) is 17.4 Å². The van der Waals surface area contributed by atoms with Crippen LogP contribution in [0.25, 0.3) is 0 Å². The highest BCUT2D eigenvalue weighted by Crippen LogP contribution is 2.22. The molecule has 0 spiro atoms. The van der Waals surface area contributed by atoms with Crippen LogP contribution >= 0.6 is 11.6 Å². The lowest BCUT2D eigenvalue weighted by atomic mass is 9.99. The number of ether oxygens (including phenoxy) is 1. The molecule has 1 aromatic heterocycles. The first-order chi connectivity index (χ1) is 11.5. The third kappa shape index (κ3) is 5.11. The van der Waals surface area contributed by atoms with Crippen molar-refractivity contribution in [1.82, 2.24) is 9.88 Å². The van der Waals surface area contributed by atoms with Crippen LogP contribution in [-0.2, 0) is 4.74 Å². The summed E-state index contributed by atoms with van der Waals surface area (Å²) in [5, 5.41) is 3.56. The molecule has 1 fully saturated rings. The van der Waals surface area contributed by atoms with Crippen LogP contribution in [-0.4, -0.2) is 42.2 Å². The Balaban J connectivity index is 1.81. The number of halogens is 1. The molecule has 0 aliphatic carbocycles. The second-order valence-electron chi connectivity index (χ2n) is 6.07. The van der Waals surface area contributed by atoms with E-state index in [1.54, 1.807) is 0 Å². The monoisotopic (exact) mass is 352 g/mol. The molecule has 2 heterocycles. The van der Waals surface area contributed by atoms with Gasteiger partial charge in [-0.05, 0) is 24.8 Å². The molecule has 0 radical (unpaired) electrons. The number of nitrogens with two attached hydrogens (primary N) is 1. The molecule has 1 aliphatic rings. The van der Waals surface area contributed by atoms with Crippen LogP contribution in [0, 0.1) is 5.92 Å². The van der Waals surface area contributed by atoms with Gasteiger partial charge in [-0.1, -0.05) is 25.1 Å². The van der Waals surface area contributed by atoms with Gasteiger partial charge in [-0.2, -0.15) is 0 Å². The number of rotatable bonds is 7. The number of carbonyl (C=O) groups is 1. The molecule has 0 amide bonds. The summed E-state index contributed by atoms with van der Waals surface area (Å²) in [6.45, 7) is 9.14. The van der Waals surface area contributed by atoms with Gasteiger partial charge in [-0.25, -0.2) is 9.78 Å². The van der Waals surface area contributed by atoms with Crippen molar-refractivity contribution in [2.45, 2.75) is 26.2 Å². The van der Waals surface area contributed by atoms with E-state index < -0.39 is 5.97 Å². The molecule has 0 atom stereocenters. The second kappa shape index (κ2) is 8.89. The Kier molecular flexibility index (Phi) is 6.87. The SMILES string of the molecule is C=C(CCNc1ncc(C(=O)OCN)cc1Cl)N1CCC(C)CC1. The quantitative estimate of drug-likeness (QED) is 0.580. The molecular weight excluding hydrogens is 328 g/mol. The summed E-state index contributed by atoms with van der Waals surface area (Å²) in [4.78, 5) is 18.1. The van der Waals surface area contributed by atoms with E-state index in [0.717, 1.165) is 31.1 Å². The van der Waals surface area contributed by atoms with E-state index in [4.69, 9.17) is 22.1 Å². The number of esters is 1. The molecule has 3 N–H and O–H groups in total. The van der Waals surface area contributed by atoms with Gasteiger partial charge in [0, 0.05) is 37.9 Å². The lowest BCUT2D eigenvalue weighted by Crippen LogP contribution is -2.32. The number of hydrogen-bond acceptors (Lipinski definition) is 6. The van der Waals surface area contributed by atoms with Gasteiger partial charge in [0.1, 0.15) is 12.5 Å². The van der Waals surface area contributed by atoms with Crippen molar-refractivity contribution in [2.75, 3.05) is 31.7 Å². The van der Waals surface area contributed by atoms with E-state index in [2.05, 4.69) is 28.7 Å². The lowest BCUT2D eigenvalue weighted by molar-refractivity contribution is 0.0515. The molecule has 0 aromatic carbocycles. The number of carbonyl (C=O) groups excluding carboxylic acids is 1. The van der Waals surface area contributed by atoms with Crippen LogP contribution in [0.4, 0.5) is 5.82 Å². The summed E-state index contributed by atoms with van der Waals surface area (Å²) >= 11 is 6.16. The summed E-state index contributed by atoms with van der Waals surface area (Å²) < 4.78 is 4.71. The number of pyridine rings is 1. The zero-order chi connectivity index (χ0) is 17.5. The summed E-state index contributed by atoms with van der Waals surface area (Å²) in [5.41, 5.74) is 6.59. The smallest absolute Gasteiger partial charge is 0.341 e. The molecule has 0 unspecified atom stereocenters. The van der Waals surface area contributed by atoms with Crippen LogP contribution in [0.2, 0.25) is 5.02 Å². The molecule has 24 heavy (non-hydrogen) atoms. The molecule has 132 valence electrons. The van der Waals surface area contributed by atoms with Gasteiger partial charge >= 0.3 is 5.97 Å². The number of piperidine rings is 1. The first kappa shape index (κ1) is 18.5. The minimum atomic E-state index is -0.536. The third-order valence-electron chi connectivity index (χ3n) is 4.23. The number of likely N-dealkylation sites (tertiary alicyclic amines) is 1. The van der Waals surface area contributed by atoms with E-state index in [-0.39, 0.29) is 12.3 Å². The van der Waals surface area contributed by atoms with Crippen molar-refractivity contribution in [3.63, 3.8) is 0 Å². The number of nitrogens with one attached hydrogen (secondary N) is 1. The van der Waals surface area contributed by atoms with Crippen LogP contribution in [0.15, 0.2) is 24.5 Å². The zero-order valence-corrected chi connectivity index (χ0v) is 14.8. The highest BCUT2D eigenvalue weighted by atomic mass is 35.5. The normalized spacial score (nSPS) is 15.2. The van der Waals surface area contributed by atoms with Crippen molar-refractivity contribution in [3.8, 4) is 0 Å². The van der Waals surface area contributed by atoms with Gasteiger partial charge in [-0.3, -0.25) is 5.73 Å². The van der Waals surface area contributed by atoms with Crippen LogP contribution < -0.4 is 11.1 Å². The Hall–Kier alpha value is -1.79. The fraction of sp³-hybridized carbons (Fsp3) is 0.529. The van der Waals surface area contributed by atoms with Gasteiger partial charge < -0.3 is 15.0 Å². The molecule has 1 saturated heterocycles. The Bertz CT molecular complexity index is 586. The Morgan fingerprint density at radius 1 is 1.54 bits per heavy atom. The zero-order valence-electron chi connectivity index (χ0n) is 14.1. The summed E-state index contributed by atoms with van der Waals surface area (Å²) in [5.74, 6) is 0.812. The maximum absolute atomic E-state index is 11.6. The number of anilines is 1. The number of aromatic nitrogens is 1. The predicted octanol–water partition coefficient (Wildman–Crippen LogP) is 2.86. The first-order valence-electron chi connectivity index (χ1n) is 8.20. The van der Waals surface area contributed by atoms with E-state index in [9.17, 15) is 4.79 Å². The molecule has 6 nitrogen and oxygen atoms in total. The highest BCUT2D eigenvalue weighted by molar-refractivity contribution is 6.33. The van der Waals surface area contributed by atoms with E-state index in [1.165, 1.54) is 25.1 Å². The van der Waals surface area contributed by atoms with Crippen LogP contribution in [0.3, 0.4) is 0 Å². The minimum absolute atomic E-state index is 0.173. The summed E-state index contributed by atoms with van der Waals surface area (Å²) in [6.07, 6.45) is 4.69. The Morgan fingerprint density at radius 2 is 2.25 bits per heavy atom. The molecule has 7 heteroatoms. The maximum atomic E-state index is 11.6. The van der Waals surface area contributed by atoms with Gasteiger partial charge in [0.15, 0.2) is 0 Å². The van der Waals surface area contributed by atoms with Crippen molar-refractivity contribution >= 4 is 23.4 Å². The summed E-state index contributed by atoms with van der Waals surface area (Å²) in [7, 11) is 0. The van der Waals surface area contributed by atoms with Gasteiger partial charge in [0.25, 0.3) is 0 Å². The van der Waals surface area contributed by atoms with Crippen LogP contribution in [0.5, 0.6) is 0 Å². The Morgan fingerprint density at radius 3 is 2.88 bits per heavy atom. The second-order valence-corrected chi connectivity index (χ2v) is 6.47. The molecule has 0 saturated carbocycles. The predicted molar refractivity (Wildman–Crippen MR) is 95.9 cm³/mol. The third-order valence-corrected chi connectivity index (χ3v) is 4.52. The van der Waals surface area contributed by atoms with Crippen molar-refractivity contribution < 1.29 is 9.53 Å². The van der Waals surface area contributed by atoms with E-state index >= 15 is 0 Å². The van der Waals surface area contributed by atoms with Gasteiger partial charge in [0.05, 0.1) is 10.6 Å². The van der Waals surface area contributed by atoms with E-state index in [1.807, 2.05) is 0 Å². The standard InChI is InChI=1S/C17H25ClN4O2/c1-12-4-7-22(8-5-12)13(2)3-6-20-16-15(18)9-14(10-21-16)17(23)24-11-19/h9-10,12H,2-8,11,19H2,1H3,(H,20,21). The Labute approximate surface area is 148 Å². The van der Waals surface area contributed by atoms with Crippen molar-refractivity contribution in [1.29, 1.82) is 0 Å². The average molecular weight is 353 g/mol. The van der Waals surface area contributed by atoms with Gasteiger partial charge in [0.2, 0.25) is 0 Å².